The monoisotopic (exact) mass is 332 g/mol. The molecule has 0 saturated carbocycles. The molecule has 0 unspecified atom stereocenters. The van der Waals surface area contributed by atoms with E-state index in [4.69, 9.17) is 0 Å². The number of hydrogen-bond donors (Lipinski definition) is 2. The molecule has 0 heterocycles. The van der Waals surface area contributed by atoms with Gasteiger partial charge in [0.25, 0.3) is 5.91 Å². The lowest BCUT2D eigenvalue weighted by atomic mass is 10.1. The maximum absolute atomic E-state index is 11.4. The number of rotatable bonds is 4. The molecule has 2 aromatic carbocycles. The second-order valence-corrected chi connectivity index (χ2v) is 5.46. The molecule has 0 atom stereocenters. The second-order valence-electron chi connectivity index (χ2n) is 4.60. The largest absolute Gasteiger partial charge is 0.381 e. The maximum Gasteiger partial charge on any atom is 0.251 e. The van der Waals surface area contributed by atoms with Crippen molar-refractivity contribution in [2.45, 2.75) is 13.5 Å². The van der Waals surface area contributed by atoms with Gasteiger partial charge in [0, 0.05) is 29.3 Å². The highest BCUT2D eigenvalue weighted by molar-refractivity contribution is 9.10. The van der Waals surface area contributed by atoms with Crippen LogP contribution in [0.5, 0.6) is 0 Å². The average molecular weight is 333 g/mol. The Morgan fingerprint density at radius 2 is 1.85 bits per heavy atom. The Kier molecular flexibility index (Phi) is 4.79. The standard InChI is InChI=1S/C16H17BrN2O/c1-11-3-4-13(15(17)9-11)10-19-14-7-5-12(6-8-14)16(20)18-2/h3-9,19H,10H2,1-2H3,(H,18,20). The molecule has 0 aliphatic rings. The van der Waals surface area contributed by atoms with Gasteiger partial charge in [-0.05, 0) is 48.4 Å². The van der Waals surface area contributed by atoms with Crippen LogP contribution in [-0.2, 0) is 6.54 Å². The molecule has 2 N–H and O–H groups in total. The molecule has 0 fully saturated rings. The van der Waals surface area contributed by atoms with Crippen molar-refractivity contribution < 1.29 is 4.79 Å². The van der Waals surface area contributed by atoms with Crippen molar-refractivity contribution in [3.8, 4) is 0 Å². The smallest absolute Gasteiger partial charge is 0.251 e. The Labute approximate surface area is 127 Å². The van der Waals surface area contributed by atoms with Gasteiger partial charge in [-0.2, -0.15) is 0 Å². The summed E-state index contributed by atoms with van der Waals surface area (Å²) in [7, 11) is 1.63. The average Bonchev–Trinajstić information content (AvgIpc) is 2.46. The predicted molar refractivity (Wildman–Crippen MR) is 86.0 cm³/mol. The van der Waals surface area contributed by atoms with E-state index in [9.17, 15) is 4.79 Å². The Morgan fingerprint density at radius 3 is 2.45 bits per heavy atom. The van der Waals surface area contributed by atoms with Gasteiger partial charge in [0.15, 0.2) is 0 Å². The van der Waals surface area contributed by atoms with Crippen LogP contribution < -0.4 is 10.6 Å². The van der Waals surface area contributed by atoms with E-state index in [1.54, 1.807) is 7.05 Å². The zero-order valence-corrected chi connectivity index (χ0v) is 13.1. The van der Waals surface area contributed by atoms with Gasteiger partial charge in [0.1, 0.15) is 0 Å². The third-order valence-corrected chi connectivity index (χ3v) is 3.80. The zero-order chi connectivity index (χ0) is 14.5. The van der Waals surface area contributed by atoms with Gasteiger partial charge in [-0.25, -0.2) is 0 Å². The molecule has 3 nitrogen and oxygen atoms in total. The first-order valence-electron chi connectivity index (χ1n) is 6.41. The molecule has 0 aromatic heterocycles. The van der Waals surface area contributed by atoms with Gasteiger partial charge >= 0.3 is 0 Å². The van der Waals surface area contributed by atoms with Crippen molar-refractivity contribution >= 4 is 27.5 Å². The van der Waals surface area contributed by atoms with Crippen molar-refractivity contribution in [1.29, 1.82) is 0 Å². The molecule has 0 bridgehead atoms. The fourth-order valence-corrected chi connectivity index (χ4v) is 2.51. The van der Waals surface area contributed by atoms with E-state index in [2.05, 4.69) is 51.7 Å². The SMILES string of the molecule is CNC(=O)c1ccc(NCc2ccc(C)cc2Br)cc1. The molecule has 0 aliphatic carbocycles. The summed E-state index contributed by atoms with van der Waals surface area (Å²) >= 11 is 3.57. The highest BCUT2D eigenvalue weighted by atomic mass is 79.9. The predicted octanol–water partition coefficient (Wildman–Crippen LogP) is 3.73. The van der Waals surface area contributed by atoms with Crippen LogP contribution in [0.15, 0.2) is 46.9 Å². The number of aryl methyl sites for hydroxylation is 1. The number of anilines is 1. The molecular formula is C16H17BrN2O. The molecule has 0 radical (unpaired) electrons. The fraction of sp³-hybridized carbons (Fsp3) is 0.188. The van der Waals surface area contributed by atoms with Gasteiger partial charge < -0.3 is 10.6 Å². The first-order chi connectivity index (χ1) is 9.60. The number of benzene rings is 2. The van der Waals surface area contributed by atoms with E-state index in [0.29, 0.717) is 5.56 Å². The van der Waals surface area contributed by atoms with Crippen molar-refractivity contribution in [2.75, 3.05) is 12.4 Å². The third-order valence-electron chi connectivity index (χ3n) is 3.07. The normalized spacial score (nSPS) is 10.2. The summed E-state index contributed by atoms with van der Waals surface area (Å²) in [5.41, 5.74) is 4.08. The number of nitrogens with one attached hydrogen (secondary N) is 2. The van der Waals surface area contributed by atoms with Crippen LogP contribution in [0.1, 0.15) is 21.5 Å². The first-order valence-corrected chi connectivity index (χ1v) is 7.20. The Balaban J connectivity index is 2.02. The number of carbonyl (C=O) groups is 1. The minimum Gasteiger partial charge on any atom is -0.381 e. The molecule has 1 amide bonds. The molecule has 4 heteroatoms. The number of hydrogen-bond acceptors (Lipinski definition) is 2. The van der Waals surface area contributed by atoms with E-state index in [1.165, 1.54) is 11.1 Å². The Morgan fingerprint density at radius 1 is 1.15 bits per heavy atom. The van der Waals surface area contributed by atoms with Crippen LogP contribution in [-0.4, -0.2) is 13.0 Å². The van der Waals surface area contributed by atoms with Gasteiger partial charge in [-0.1, -0.05) is 28.1 Å². The minimum absolute atomic E-state index is 0.0715. The summed E-state index contributed by atoms with van der Waals surface area (Å²) in [6, 6.07) is 13.7. The van der Waals surface area contributed by atoms with Crippen LogP contribution in [0.4, 0.5) is 5.69 Å². The van der Waals surface area contributed by atoms with Gasteiger partial charge in [0.2, 0.25) is 0 Å². The summed E-state index contributed by atoms with van der Waals surface area (Å²) in [6.07, 6.45) is 0. The second kappa shape index (κ2) is 6.57. The summed E-state index contributed by atoms with van der Waals surface area (Å²) in [5, 5.41) is 5.95. The molecule has 104 valence electrons. The molecular weight excluding hydrogens is 316 g/mol. The highest BCUT2D eigenvalue weighted by Crippen LogP contribution is 2.20. The zero-order valence-electron chi connectivity index (χ0n) is 11.5. The van der Waals surface area contributed by atoms with Gasteiger partial charge in [0.05, 0.1) is 0 Å². The summed E-state index contributed by atoms with van der Waals surface area (Å²) in [6.45, 7) is 2.81. The summed E-state index contributed by atoms with van der Waals surface area (Å²) < 4.78 is 1.10. The van der Waals surface area contributed by atoms with Crippen LogP contribution in [0, 0.1) is 6.92 Å². The van der Waals surface area contributed by atoms with Gasteiger partial charge in [-0.3, -0.25) is 4.79 Å². The van der Waals surface area contributed by atoms with Crippen LogP contribution in [0.2, 0.25) is 0 Å². The summed E-state index contributed by atoms with van der Waals surface area (Å²) in [4.78, 5) is 11.4. The molecule has 2 rings (SSSR count). The molecule has 0 saturated heterocycles. The van der Waals surface area contributed by atoms with E-state index in [1.807, 2.05) is 24.3 Å². The summed E-state index contributed by atoms with van der Waals surface area (Å²) in [5.74, 6) is -0.0715. The van der Waals surface area contributed by atoms with Crippen molar-refractivity contribution in [3.05, 3.63) is 63.6 Å². The van der Waals surface area contributed by atoms with Crippen LogP contribution in [0.25, 0.3) is 0 Å². The van der Waals surface area contributed by atoms with E-state index in [-0.39, 0.29) is 5.91 Å². The van der Waals surface area contributed by atoms with Crippen LogP contribution >= 0.6 is 15.9 Å². The van der Waals surface area contributed by atoms with Crippen molar-refractivity contribution in [2.24, 2.45) is 0 Å². The number of carbonyl (C=O) groups excluding carboxylic acids is 1. The van der Waals surface area contributed by atoms with Crippen molar-refractivity contribution in [1.82, 2.24) is 5.32 Å². The topological polar surface area (TPSA) is 41.1 Å². The molecule has 2 aromatic rings. The Hall–Kier alpha value is -1.81. The Bertz CT molecular complexity index is 608. The van der Waals surface area contributed by atoms with E-state index < -0.39 is 0 Å². The molecule has 20 heavy (non-hydrogen) atoms. The highest BCUT2D eigenvalue weighted by Gasteiger charge is 2.03. The molecule has 0 aliphatic heterocycles. The lowest BCUT2D eigenvalue weighted by molar-refractivity contribution is 0.0963. The van der Waals surface area contributed by atoms with Crippen LogP contribution in [0.3, 0.4) is 0 Å². The lowest BCUT2D eigenvalue weighted by Crippen LogP contribution is -2.17. The minimum atomic E-state index is -0.0715. The van der Waals surface area contributed by atoms with Gasteiger partial charge in [-0.15, -0.1) is 0 Å². The quantitative estimate of drug-likeness (QED) is 0.895. The van der Waals surface area contributed by atoms with Crippen molar-refractivity contribution in [3.63, 3.8) is 0 Å². The first kappa shape index (κ1) is 14.6. The number of amides is 1. The number of halogens is 1. The molecule has 0 spiro atoms. The third kappa shape index (κ3) is 3.61. The maximum atomic E-state index is 11.4. The van der Waals surface area contributed by atoms with E-state index in [0.717, 1.165) is 16.7 Å². The van der Waals surface area contributed by atoms with E-state index >= 15 is 0 Å². The lowest BCUT2D eigenvalue weighted by Gasteiger charge is -2.09. The fourth-order valence-electron chi connectivity index (χ4n) is 1.88.